The summed E-state index contributed by atoms with van der Waals surface area (Å²) in [5, 5.41) is 5.21. The molecule has 0 aliphatic carbocycles. The van der Waals surface area contributed by atoms with Crippen molar-refractivity contribution in [3.05, 3.63) is 24.3 Å². The number of anilines is 1. The number of rotatable bonds is 5. The second-order valence-corrected chi connectivity index (χ2v) is 5.33. The van der Waals surface area contributed by atoms with Crippen molar-refractivity contribution in [2.75, 3.05) is 11.6 Å². The van der Waals surface area contributed by atoms with Gasteiger partial charge in [-0.15, -0.1) is 11.8 Å². The second kappa shape index (κ2) is 7.04. The van der Waals surface area contributed by atoms with Crippen LogP contribution in [0.3, 0.4) is 0 Å². The average molecular weight is 281 g/mol. The summed E-state index contributed by atoms with van der Waals surface area (Å²) >= 11 is 1.63. The van der Waals surface area contributed by atoms with Crippen molar-refractivity contribution in [2.24, 2.45) is 11.7 Å². The Hall–Kier alpha value is -1.69. The maximum Gasteiger partial charge on any atom is 0.312 e. The zero-order valence-corrected chi connectivity index (χ0v) is 12.1. The van der Waals surface area contributed by atoms with E-state index in [0.29, 0.717) is 5.69 Å². The van der Waals surface area contributed by atoms with E-state index in [4.69, 9.17) is 5.73 Å². The lowest BCUT2D eigenvalue weighted by Gasteiger charge is -2.20. The van der Waals surface area contributed by atoms with Crippen LogP contribution in [0, 0.1) is 5.92 Å². The fourth-order valence-electron chi connectivity index (χ4n) is 1.58. The summed E-state index contributed by atoms with van der Waals surface area (Å²) in [5.41, 5.74) is 5.76. The van der Waals surface area contributed by atoms with Gasteiger partial charge in [0.25, 0.3) is 0 Å². The fraction of sp³-hybridized carbons (Fsp3) is 0.385. The van der Waals surface area contributed by atoms with E-state index in [9.17, 15) is 9.59 Å². The number of urea groups is 1. The normalized spacial score (nSPS) is 12.0. The molecule has 0 fully saturated rings. The van der Waals surface area contributed by atoms with Crippen molar-refractivity contribution < 1.29 is 9.59 Å². The van der Waals surface area contributed by atoms with Gasteiger partial charge in [-0.1, -0.05) is 13.8 Å². The predicted octanol–water partition coefficient (Wildman–Crippen LogP) is 2.04. The molecule has 4 N–H and O–H groups in total. The van der Waals surface area contributed by atoms with Crippen LogP contribution >= 0.6 is 11.8 Å². The summed E-state index contributed by atoms with van der Waals surface area (Å²) in [6, 6.07) is 6.15. The van der Waals surface area contributed by atoms with E-state index in [1.165, 1.54) is 0 Å². The molecule has 1 rings (SSSR count). The minimum Gasteiger partial charge on any atom is -0.352 e. The zero-order valence-electron chi connectivity index (χ0n) is 11.3. The molecule has 0 spiro atoms. The lowest BCUT2D eigenvalue weighted by molar-refractivity contribution is -0.118. The van der Waals surface area contributed by atoms with E-state index in [-0.39, 0.29) is 11.8 Å². The number of benzene rings is 1. The number of nitrogens with one attached hydrogen (secondary N) is 2. The number of hydrogen-bond acceptors (Lipinski definition) is 3. The average Bonchev–Trinajstić information content (AvgIpc) is 2.36. The third-order valence-corrected chi connectivity index (χ3v) is 3.35. The molecule has 1 unspecified atom stereocenters. The highest BCUT2D eigenvalue weighted by Crippen LogP contribution is 2.18. The van der Waals surface area contributed by atoms with Crippen LogP contribution in [-0.4, -0.2) is 24.2 Å². The van der Waals surface area contributed by atoms with Crippen LogP contribution in [0.1, 0.15) is 13.8 Å². The highest BCUT2D eigenvalue weighted by Gasteiger charge is 2.23. The minimum absolute atomic E-state index is 0.0435. The molecule has 6 heteroatoms. The first kappa shape index (κ1) is 15.4. The molecule has 1 aromatic carbocycles. The summed E-state index contributed by atoms with van der Waals surface area (Å²) in [7, 11) is 0. The van der Waals surface area contributed by atoms with E-state index in [1.807, 2.05) is 44.4 Å². The van der Waals surface area contributed by atoms with E-state index in [1.54, 1.807) is 11.8 Å². The van der Waals surface area contributed by atoms with Gasteiger partial charge < -0.3 is 16.4 Å². The predicted molar refractivity (Wildman–Crippen MR) is 78.2 cm³/mol. The summed E-state index contributed by atoms with van der Waals surface area (Å²) in [4.78, 5) is 24.1. The first-order valence-corrected chi connectivity index (χ1v) is 7.17. The third-order valence-electron chi connectivity index (χ3n) is 2.60. The summed E-state index contributed by atoms with van der Waals surface area (Å²) in [5.74, 6) is -0.316. The van der Waals surface area contributed by atoms with Crippen LogP contribution < -0.4 is 16.4 Å². The largest absolute Gasteiger partial charge is 0.352 e. The van der Waals surface area contributed by atoms with Gasteiger partial charge in [-0.05, 0) is 36.4 Å². The van der Waals surface area contributed by atoms with Gasteiger partial charge in [0, 0.05) is 10.6 Å². The topological polar surface area (TPSA) is 84.2 Å². The first-order chi connectivity index (χ1) is 8.93. The minimum atomic E-state index is -0.702. The van der Waals surface area contributed by atoms with Crippen molar-refractivity contribution in [1.82, 2.24) is 5.32 Å². The zero-order chi connectivity index (χ0) is 14.4. The monoisotopic (exact) mass is 281 g/mol. The molecule has 3 amide bonds. The van der Waals surface area contributed by atoms with Crippen molar-refractivity contribution in [2.45, 2.75) is 24.8 Å². The molecule has 0 radical (unpaired) electrons. The Morgan fingerprint density at radius 1 is 1.21 bits per heavy atom. The number of carbonyl (C=O) groups is 2. The molecule has 104 valence electrons. The van der Waals surface area contributed by atoms with E-state index in [2.05, 4.69) is 10.6 Å². The molecular weight excluding hydrogens is 262 g/mol. The summed E-state index contributed by atoms with van der Waals surface area (Å²) in [6.45, 7) is 3.69. The lowest BCUT2D eigenvalue weighted by Crippen LogP contribution is -2.49. The van der Waals surface area contributed by atoms with Gasteiger partial charge in [0.1, 0.15) is 6.04 Å². The number of nitrogens with two attached hydrogens (primary N) is 1. The number of primary amides is 1. The number of amides is 3. The second-order valence-electron chi connectivity index (χ2n) is 4.45. The van der Waals surface area contributed by atoms with Crippen molar-refractivity contribution in [1.29, 1.82) is 0 Å². The highest BCUT2D eigenvalue weighted by molar-refractivity contribution is 7.98. The van der Waals surface area contributed by atoms with Gasteiger partial charge >= 0.3 is 6.03 Å². The van der Waals surface area contributed by atoms with Gasteiger partial charge in [0.2, 0.25) is 5.91 Å². The van der Waals surface area contributed by atoms with Gasteiger partial charge in [0.15, 0.2) is 0 Å². The fourth-order valence-corrected chi connectivity index (χ4v) is 1.99. The first-order valence-electron chi connectivity index (χ1n) is 5.95. The molecule has 0 saturated heterocycles. The Morgan fingerprint density at radius 2 is 1.79 bits per heavy atom. The molecule has 0 aliphatic heterocycles. The summed E-state index contributed by atoms with van der Waals surface area (Å²) in [6.07, 6.45) is 1.99. The Balaban J connectivity index is 2.72. The molecule has 0 heterocycles. The Kier molecular flexibility index (Phi) is 5.69. The molecule has 0 bridgehead atoms. The smallest absolute Gasteiger partial charge is 0.312 e. The molecule has 0 aromatic heterocycles. The molecule has 0 aliphatic rings. The van der Waals surface area contributed by atoms with Crippen LogP contribution in [0.5, 0.6) is 0 Å². The molecule has 1 atom stereocenters. The van der Waals surface area contributed by atoms with Crippen LogP contribution in [-0.2, 0) is 4.79 Å². The van der Waals surface area contributed by atoms with Crippen LogP contribution in [0.4, 0.5) is 10.5 Å². The standard InChI is InChI=1S/C13H19N3O2S/c1-8(2)11(16-13(14)18)12(17)15-9-4-6-10(19-3)7-5-9/h4-8,11H,1-3H3,(H,15,17)(H3,14,16,18). The van der Waals surface area contributed by atoms with Gasteiger partial charge in [-0.25, -0.2) is 4.79 Å². The Bertz CT molecular complexity index is 446. The molecule has 5 nitrogen and oxygen atoms in total. The Labute approximate surface area is 117 Å². The van der Waals surface area contributed by atoms with Crippen molar-refractivity contribution in [3.63, 3.8) is 0 Å². The van der Waals surface area contributed by atoms with Crippen molar-refractivity contribution >= 4 is 29.4 Å². The van der Waals surface area contributed by atoms with Crippen LogP contribution in [0.2, 0.25) is 0 Å². The molecule has 1 aromatic rings. The number of thioether (sulfide) groups is 1. The SMILES string of the molecule is CSc1ccc(NC(=O)C(NC(N)=O)C(C)C)cc1. The molecule has 0 saturated carbocycles. The lowest BCUT2D eigenvalue weighted by atomic mass is 10.0. The van der Waals surface area contributed by atoms with Crippen LogP contribution in [0.15, 0.2) is 29.2 Å². The maximum absolute atomic E-state index is 12.1. The third kappa shape index (κ3) is 4.82. The van der Waals surface area contributed by atoms with E-state index < -0.39 is 12.1 Å². The number of carbonyl (C=O) groups excluding carboxylic acids is 2. The van der Waals surface area contributed by atoms with Crippen LogP contribution in [0.25, 0.3) is 0 Å². The van der Waals surface area contributed by atoms with E-state index in [0.717, 1.165) is 4.90 Å². The van der Waals surface area contributed by atoms with Gasteiger partial charge in [-0.2, -0.15) is 0 Å². The van der Waals surface area contributed by atoms with E-state index >= 15 is 0 Å². The quantitative estimate of drug-likeness (QED) is 0.722. The molecular formula is C13H19N3O2S. The highest BCUT2D eigenvalue weighted by atomic mass is 32.2. The van der Waals surface area contributed by atoms with Gasteiger partial charge in [0.05, 0.1) is 0 Å². The molecule has 19 heavy (non-hydrogen) atoms. The maximum atomic E-state index is 12.1. The summed E-state index contributed by atoms with van der Waals surface area (Å²) < 4.78 is 0. The Morgan fingerprint density at radius 3 is 2.21 bits per heavy atom. The van der Waals surface area contributed by atoms with Crippen molar-refractivity contribution in [3.8, 4) is 0 Å². The van der Waals surface area contributed by atoms with Gasteiger partial charge in [-0.3, -0.25) is 4.79 Å². The number of hydrogen-bond donors (Lipinski definition) is 3.